The van der Waals surface area contributed by atoms with E-state index in [0.29, 0.717) is 6.04 Å². The standard InChI is InChI=1S/C12H16BrNS/c1-9-8-15-12(2,14-9)7-10-3-5-11(13)6-4-10/h3-6,9,14H,7-8H2,1-2H3. The van der Waals surface area contributed by atoms with E-state index in [2.05, 4.69) is 59.4 Å². The maximum absolute atomic E-state index is 3.64. The van der Waals surface area contributed by atoms with Crippen LogP contribution in [-0.2, 0) is 6.42 Å². The first kappa shape index (κ1) is 11.5. The molecule has 2 atom stereocenters. The van der Waals surface area contributed by atoms with Crippen molar-refractivity contribution in [2.75, 3.05) is 5.75 Å². The molecule has 2 rings (SSSR count). The van der Waals surface area contributed by atoms with Crippen LogP contribution < -0.4 is 5.32 Å². The van der Waals surface area contributed by atoms with E-state index < -0.39 is 0 Å². The molecule has 1 heterocycles. The molecule has 1 N–H and O–H groups in total. The Kier molecular flexibility index (Phi) is 3.43. The van der Waals surface area contributed by atoms with Gasteiger partial charge in [0.25, 0.3) is 0 Å². The molecule has 0 aliphatic carbocycles. The molecule has 1 aliphatic rings. The number of rotatable bonds is 2. The van der Waals surface area contributed by atoms with Gasteiger partial charge in [0.1, 0.15) is 0 Å². The fourth-order valence-corrected chi connectivity index (χ4v) is 3.53. The molecule has 2 unspecified atom stereocenters. The van der Waals surface area contributed by atoms with Crippen molar-refractivity contribution in [3.05, 3.63) is 34.3 Å². The molecule has 1 fully saturated rings. The van der Waals surface area contributed by atoms with Gasteiger partial charge in [-0.1, -0.05) is 28.1 Å². The van der Waals surface area contributed by atoms with E-state index in [1.807, 2.05) is 11.8 Å². The van der Waals surface area contributed by atoms with Crippen molar-refractivity contribution in [2.24, 2.45) is 0 Å². The topological polar surface area (TPSA) is 12.0 Å². The zero-order chi connectivity index (χ0) is 10.9. The number of nitrogens with one attached hydrogen (secondary N) is 1. The van der Waals surface area contributed by atoms with Crippen molar-refractivity contribution in [2.45, 2.75) is 31.2 Å². The van der Waals surface area contributed by atoms with Crippen LogP contribution in [0, 0.1) is 0 Å². The number of thioether (sulfide) groups is 1. The van der Waals surface area contributed by atoms with E-state index in [9.17, 15) is 0 Å². The molecule has 1 aromatic rings. The second-order valence-electron chi connectivity index (χ2n) is 4.39. The minimum atomic E-state index is 0.216. The third kappa shape index (κ3) is 2.99. The molecule has 0 saturated carbocycles. The second kappa shape index (κ2) is 4.48. The minimum absolute atomic E-state index is 0.216. The Morgan fingerprint density at radius 1 is 1.47 bits per heavy atom. The molecule has 0 bridgehead atoms. The van der Waals surface area contributed by atoms with E-state index in [4.69, 9.17) is 0 Å². The van der Waals surface area contributed by atoms with Crippen molar-refractivity contribution in [1.82, 2.24) is 5.32 Å². The first-order valence-electron chi connectivity index (χ1n) is 5.23. The minimum Gasteiger partial charge on any atom is -0.299 e. The zero-order valence-electron chi connectivity index (χ0n) is 9.09. The Labute approximate surface area is 104 Å². The maximum Gasteiger partial charge on any atom is 0.0660 e. The normalized spacial score (nSPS) is 30.7. The van der Waals surface area contributed by atoms with Gasteiger partial charge in [0, 0.05) is 16.3 Å². The summed E-state index contributed by atoms with van der Waals surface area (Å²) in [5.41, 5.74) is 1.40. The Bertz CT molecular complexity index is 338. The molecule has 1 aromatic carbocycles. The van der Waals surface area contributed by atoms with Gasteiger partial charge >= 0.3 is 0 Å². The van der Waals surface area contributed by atoms with Crippen LogP contribution in [-0.4, -0.2) is 16.7 Å². The van der Waals surface area contributed by atoms with Gasteiger partial charge in [-0.05, 0) is 38.0 Å². The third-order valence-corrected chi connectivity index (χ3v) is 4.75. The van der Waals surface area contributed by atoms with Crippen LogP contribution in [0.4, 0.5) is 0 Å². The van der Waals surface area contributed by atoms with Crippen molar-refractivity contribution in [3.63, 3.8) is 0 Å². The van der Waals surface area contributed by atoms with Crippen LogP contribution >= 0.6 is 27.7 Å². The van der Waals surface area contributed by atoms with Gasteiger partial charge in [0.2, 0.25) is 0 Å². The van der Waals surface area contributed by atoms with Gasteiger partial charge in [-0.2, -0.15) is 0 Å². The Balaban J connectivity index is 2.05. The summed E-state index contributed by atoms with van der Waals surface area (Å²) >= 11 is 5.49. The van der Waals surface area contributed by atoms with Crippen molar-refractivity contribution < 1.29 is 0 Å². The summed E-state index contributed by atoms with van der Waals surface area (Å²) in [6.45, 7) is 4.54. The Morgan fingerprint density at radius 3 is 2.67 bits per heavy atom. The quantitative estimate of drug-likeness (QED) is 0.894. The summed E-state index contributed by atoms with van der Waals surface area (Å²) in [5, 5.41) is 3.64. The highest BCUT2D eigenvalue weighted by molar-refractivity contribution is 9.10. The number of hydrogen-bond donors (Lipinski definition) is 1. The molecule has 0 spiro atoms. The van der Waals surface area contributed by atoms with E-state index in [1.54, 1.807) is 0 Å². The predicted molar refractivity (Wildman–Crippen MR) is 71.3 cm³/mol. The number of benzene rings is 1. The first-order valence-corrected chi connectivity index (χ1v) is 7.01. The van der Waals surface area contributed by atoms with Crippen molar-refractivity contribution in [3.8, 4) is 0 Å². The summed E-state index contributed by atoms with van der Waals surface area (Å²) in [6.07, 6.45) is 1.09. The van der Waals surface area contributed by atoms with Crippen molar-refractivity contribution in [1.29, 1.82) is 0 Å². The van der Waals surface area contributed by atoms with Gasteiger partial charge in [0.15, 0.2) is 0 Å². The fourth-order valence-electron chi connectivity index (χ4n) is 2.01. The maximum atomic E-state index is 3.64. The third-order valence-electron chi connectivity index (χ3n) is 2.66. The number of hydrogen-bond acceptors (Lipinski definition) is 2. The van der Waals surface area contributed by atoms with Gasteiger partial charge < -0.3 is 0 Å². The van der Waals surface area contributed by atoms with Gasteiger partial charge in [-0.3, -0.25) is 5.32 Å². The molecule has 15 heavy (non-hydrogen) atoms. The monoisotopic (exact) mass is 285 g/mol. The zero-order valence-corrected chi connectivity index (χ0v) is 11.5. The Morgan fingerprint density at radius 2 is 2.13 bits per heavy atom. The molecule has 0 aromatic heterocycles. The summed E-state index contributed by atoms with van der Waals surface area (Å²) in [7, 11) is 0. The summed E-state index contributed by atoms with van der Waals surface area (Å²) in [4.78, 5) is 0.216. The molecule has 1 nitrogen and oxygen atoms in total. The van der Waals surface area contributed by atoms with Crippen LogP contribution in [0.15, 0.2) is 28.7 Å². The van der Waals surface area contributed by atoms with E-state index in [-0.39, 0.29) is 4.87 Å². The highest BCUT2D eigenvalue weighted by Crippen LogP contribution is 2.33. The molecule has 3 heteroatoms. The van der Waals surface area contributed by atoms with Gasteiger partial charge in [-0.25, -0.2) is 0 Å². The highest BCUT2D eigenvalue weighted by atomic mass is 79.9. The summed E-state index contributed by atoms with van der Waals surface area (Å²) in [5.74, 6) is 1.22. The van der Waals surface area contributed by atoms with E-state index in [0.717, 1.165) is 10.9 Å². The fraction of sp³-hybridized carbons (Fsp3) is 0.500. The molecule has 1 saturated heterocycles. The van der Waals surface area contributed by atoms with E-state index >= 15 is 0 Å². The summed E-state index contributed by atoms with van der Waals surface area (Å²) in [6, 6.07) is 9.25. The van der Waals surface area contributed by atoms with E-state index in [1.165, 1.54) is 11.3 Å². The highest BCUT2D eigenvalue weighted by Gasteiger charge is 2.32. The first-order chi connectivity index (χ1) is 7.07. The lowest BCUT2D eigenvalue weighted by atomic mass is 10.1. The lowest BCUT2D eigenvalue weighted by Crippen LogP contribution is -2.39. The smallest absolute Gasteiger partial charge is 0.0660 e. The largest absolute Gasteiger partial charge is 0.299 e. The van der Waals surface area contributed by atoms with Crippen LogP contribution in [0.3, 0.4) is 0 Å². The molecular weight excluding hydrogens is 270 g/mol. The van der Waals surface area contributed by atoms with Crippen LogP contribution in [0.25, 0.3) is 0 Å². The van der Waals surface area contributed by atoms with Gasteiger partial charge in [0.05, 0.1) is 4.87 Å². The molecule has 82 valence electrons. The lowest BCUT2D eigenvalue weighted by molar-refractivity contribution is 0.481. The average molecular weight is 286 g/mol. The predicted octanol–water partition coefficient (Wildman–Crippen LogP) is 3.43. The Hall–Kier alpha value is 0.01000. The second-order valence-corrected chi connectivity index (χ2v) is 6.83. The molecule has 0 amide bonds. The number of halogens is 1. The van der Waals surface area contributed by atoms with Crippen LogP contribution in [0.5, 0.6) is 0 Å². The van der Waals surface area contributed by atoms with Crippen molar-refractivity contribution >= 4 is 27.7 Å². The van der Waals surface area contributed by atoms with Gasteiger partial charge in [-0.15, -0.1) is 11.8 Å². The SMILES string of the molecule is CC1CSC(C)(Cc2ccc(Br)cc2)N1. The lowest BCUT2D eigenvalue weighted by Gasteiger charge is -2.24. The average Bonchev–Trinajstić information content (AvgIpc) is 2.50. The summed E-state index contributed by atoms with van der Waals surface area (Å²) < 4.78 is 1.15. The molecule has 0 radical (unpaired) electrons. The molecule has 1 aliphatic heterocycles. The van der Waals surface area contributed by atoms with Crippen LogP contribution in [0.2, 0.25) is 0 Å². The van der Waals surface area contributed by atoms with Crippen LogP contribution in [0.1, 0.15) is 19.4 Å². The molecular formula is C12H16BrNS.